The monoisotopic (exact) mass is 315 g/mol. The molecule has 2 N–H and O–H groups in total. The molecule has 0 spiro atoms. The number of carboxylic acids is 1. The number of hydrogen-bond acceptors (Lipinski definition) is 5. The Morgan fingerprint density at radius 1 is 1.24 bits per heavy atom. The van der Waals surface area contributed by atoms with Crippen molar-refractivity contribution in [2.24, 2.45) is 0 Å². The summed E-state index contributed by atoms with van der Waals surface area (Å²) in [5.41, 5.74) is -0.980. The van der Waals surface area contributed by atoms with Gasteiger partial charge in [0.25, 0.3) is 0 Å². The van der Waals surface area contributed by atoms with Crippen molar-refractivity contribution in [1.82, 2.24) is 0 Å². The Kier molecular flexibility index (Phi) is 4.62. The van der Waals surface area contributed by atoms with E-state index in [0.29, 0.717) is 0 Å². The minimum Gasteiger partial charge on any atom is -0.478 e. The van der Waals surface area contributed by atoms with E-state index in [1.807, 2.05) is 0 Å². The average Bonchev–Trinajstić information content (AvgIpc) is 2.24. The maximum absolute atomic E-state index is 11.6. The standard InChI is InChI=1S/C13H17NO6S/c1-13(2,3)20-12(17)14-8-5-6-10(21(4,18)19)9(7-8)11(15)16/h5-7H,1-4H3,(H,14,17)(H,15,16). The molecule has 0 atom stereocenters. The first kappa shape index (κ1) is 17.0. The molecule has 0 aliphatic heterocycles. The smallest absolute Gasteiger partial charge is 0.412 e. The van der Waals surface area contributed by atoms with Crippen molar-refractivity contribution in [3.8, 4) is 0 Å². The third-order valence-electron chi connectivity index (χ3n) is 2.25. The van der Waals surface area contributed by atoms with E-state index < -0.39 is 33.1 Å². The summed E-state index contributed by atoms with van der Waals surface area (Å²) in [5, 5.41) is 11.4. The van der Waals surface area contributed by atoms with E-state index in [9.17, 15) is 18.0 Å². The lowest BCUT2D eigenvalue weighted by molar-refractivity contribution is 0.0632. The van der Waals surface area contributed by atoms with E-state index >= 15 is 0 Å². The van der Waals surface area contributed by atoms with Crippen LogP contribution in [0.5, 0.6) is 0 Å². The Morgan fingerprint density at radius 3 is 2.24 bits per heavy atom. The number of amides is 1. The highest BCUT2D eigenvalue weighted by Gasteiger charge is 2.20. The second-order valence-electron chi connectivity index (χ2n) is 5.42. The Labute approximate surface area is 122 Å². The lowest BCUT2D eigenvalue weighted by Gasteiger charge is -2.19. The summed E-state index contributed by atoms with van der Waals surface area (Å²) < 4.78 is 28.0. The number of hydrogen-bond donors (Lipinski definition) is 2. The van der Waals surface area contributed by atoms with Gasteiger partial charge in [0.1, 0.15) is 5.60 Å². The van der Waals surface area contributed by atoms with Gasteiger partial charge in [-0.15, -0.1) is 0 Å². The number of rotatable bonds is 3. The predicted octanol–water partition coefficient (Wildman–Crippen LogP) is 2.14. The van der Waals surface area contributed by atoms with Gasteiger partial charge in [0.05, 0.1) is 10.5 Å². The number of nitrogens with one attached hydrogen (secondary N) is 1. The molecular weight excluding hydrogens is 298 g/mol. The predicted molar refractivity (Wildman–Crippen MR) is 76.4 cm³/mol. The molecule has 1 amide bonds. The van der Waals surface area contributed by atoms with E-state index in [2.05, 4.69) is 5.32 Å². The molecule has 116 valence electrons. The highest BCUT2D eigenvalue weighted by Crippen LogP contribution is 2.21. The first-order valence-electron chi connectivity index (χ1n) is 5.97. The van der Waals surface area contributed by atoms with Crippen molar-refractivity contribution in [2.45, 2.75) is 31.3 Å². The van der Waals surface area contributed by atoms with Crippen molar-refractivity contribution >= 4 is 27.6 Å². The molecule has 0 aliphatic carbocycles. The Balaban J connectivity index is 3.11. The molecule has 1 aromatic carbocycles. The van der Waals surface area contributed by atoms with Crippen LogP contribution in [0.4, 0.5) is 10.5 Å². The SMILES string of the molecule is CC(C)(C)OC(=O)Nc1ccc(S(C)(=O)=O)c(C(=O)O)c1. The lowest BCUT2D eigenvalue weighted by atomic mass is 10.2. The molecule has 0 aromatic heterocycles. The third-order valence-corrected chi connectivity index (χ3v) is 3.41. The second kappa shape index (κ2) is 5.72. The van der Waals surface area contributed by atoms with Gasteiger partial charge in [-0.05, 0) is 39.0 Å². The number of ether oxygens (including phenoxy) is 1. The van der Waals surface area contributed by atoms with Crippen LogP contribution in [0.1, 0.15) is 31.1 Å². The molecule has 7 nitrogen and oxygen atoms in total. The summed E-state index contributed by atoms with van der Waals surface area (Å²) in [6, 6.07) is 3.50. The summed E-state index contributed by atoms with van der Waals surface area (Å²) in [4.78, 5) is 22.4. The van der Waals surface area contributed by atoms with Gasteiger partial charge in [-0.25, -0.2) is 18.0 Å². The van der Waals surface area contributed by atoms with Crippen LogP contribution in [0, 0.1) is 0 Å². The minimum absolute atomic E-state index is 0.133. The highest BCUT2D eigenvalue weighted by molar-refractivity contribution is 7.90. The van der Waals surface area contributed by atoms with Crippen molar-refractivity contribution in [3.63, 3.8) is 0 Å². The zero-order chi connectivity index (χ0) is 16.4. The van der Waals surface area contributed by atoms with Crippen LogP contribution < -0.4 is 5.32 Å². The van der Waals surface area contributed by atoms with Gasteiger partial charge < -0.3 is 9.84 Å². The fraction of sp³-hybridized carbons (Fsp3) is 0.385. The van der Waals surface area contributed by atoms with E-state index in [4.69, 9.17) is 9.84 Å². The zero-order valence-corrected chi connectivity index (χ0v) is 12.9. The maximum Gasteiger partial charge on any atom is 0.412 e. The lowest BCUT2D eigenvalue weighted by Crippen LogP contribution is -2.27. The van der Waals surface area contributed by atoms with Crippen LogP contribution in [-0.4, -0.2) is 37.4 Å². The number of aromatic carboxylic acids is 1. The minimum atomic E-state index is -3.68. The second-order valence-corrected chi connectivity index (χ2v) is 7.40. The van der Waals surface area contributed by atoms with Gasteiger partial charge in [-0.2, -0.15) is 0 Å². The van der Waals surface area contributed by atoms with Gasteiger partial charge >= 0.3 is 12.1 Å². The number of benzene rings is 1. The average molecular weight is 315 g/mol. The fourth-order valence-electron chi connectivity index (χ4n) is 1.52. The molecule has 1 rings (SSSR count). The Bertz CT molecular complexity index is 672. The first-order chi connectivity index (χ1) is 9.40. The van der Waals surface area contributed by atoms with Gasteiger partial charge in [0.15, 0.2) is 9.84 Å². The maximum atomic E-state index is 11.6. The molecule has 0 saturated carbocycles. The van der Waals surface area contributed by atoms with Crippen molar-refractivity contribution in [2.75, 3.05) is 11.6 Å². The molecule has 0 aliphatic rings. The molecule has 8 heteroatoms. The number of carbonyl (C=O) groups excluding carboxylic acids is 1. The van der Waals surface area contributed by atoms with Gasteiger partial charge in [-0.1, -0.05) is 0 Å². The summed E-state index contributed by atoms with van der Waals surface area (Å²) >= 11 is 0. The van der Waals surface area contributed by atoms with Crippen LogP contribution >= 0.6 is 0 Å². The quantitative estimate of drug-likeness (QED) is 0.884. The summed E-state index contributed by atoms with van der Waals surface area (Å²) in [7, 11) is -3.68. The van der Waals surface area contributed by atoms with Crippen LogP contribution in [0.15, 0.2) is 23.1 Å². The zero-order valence-electron chi connectivity index (χ0n) is 12.1. The molecule has 0 radical (unpaired) electrons. The van der Waals surface area contributed by atoms with Gasteiger partial charge in [-0.3, -0.25) is 5.32 Å². The van der Waals surface area contributed by atoms with Crippen LogP contribution in [0.3, 0.4) is 0 Å². The fourth-order valence-corrected chi connectivity index (χ4v) is 2.38. The largest absolute Gasteiger partial charge is 0.478 e. The normalized spacial score (nSPS) is 11.8. The highest BCUT2D eigenvalue weighted by atomic mass is 32.2. The molecule has 0 bridgehead atoms. The molecule has 0 heterocycles. The van der Waals surface area contributed by atoms with Gasteiger partial charge in [0, 0.05) is 11.9 Å². The number of anilines is 1. The van der Waals surface area contributed by atoms with Crippen LogP contribution in [0.2, 0.25) is 0 Å². The van der Waals surface area contributed by atoms with E-state index in [1.165, 1.54) is 6.07 Å². The van der Waals surface area contributed by atoms with E-state index in [-0.39, 0.29) is 10.6 Å². The number of sulfone groups is 1. The first-order valence-corrected chi connectivity index (χ1v) is 7.87. The van der Waals surface area contributed by atoms with E-state index in [0.717, 1.165) is 18.4 Å². The molecular formula is C13H17NO6S. The van der Waals surface area contributed by atoms with Crippen molar-refractivity contribution < 1.29 is 27.9 Å². The third kappa shape index (κ3) is 5.07. The van der Waals surface area contributed by atoms with Crippen molar-refractivity contribution in [1.29, 1.82) is 0 Å². The van der Waals surface area contributed by atoms with Gasteiger partial charge in [0.2, 0.25) is 0 Å². The van der Waals surface area contributed by atoms with Crippen LogP contribution in [-0.2, 0) is 14.6 Å². The Hall–Kier alpha value is -2.09. The summed E-state index contributed by atoms with van der Waals surface area (Å²) in [5.74, 6) is -1.40. The van der Waals surface area contributed by atoms with E-state index in [1.54, 1.807) is 20.8 Å². The van der Waals surface area contributed by atoms with Crippen LogP contribution in [0.25, 0.3) is 0 Å². The molecule has 0 saturated heterocycles. The molecule has 1 aromatic rings. The topological polar surface area (TPSA) is 110 Å². The Morgan fingerprint density at radius 2 is 1.81 bits per heavy atom. The molecule has 0 fully saturated rings. The molecule has 0 unspecified atom stereocenters. The summed E-state index contributed by atoms with van der Waals surface area (Å²) in [6.45, 7) is 5.05. The molecule has 21 heavy (non-hydrogen) atoms. The van der Waals surface area contributed by atoms with Crippen molar-refractivity contribution in [3.05, 3.63) is 23.8 Å². The summed E-state index contributed by atoms with van der Waals surface area (Å²) in [6.07, 6.45) is 0.154. The number of carbonyl (C=O) groups is 2. The number of carboxylic acid groups (broad SMARTS) is 1.